The lowest BCUT2D eigenvalue weighted by Crippen LogP contribution is -2.35. The Balaban J connectivity index is 2.19. The molecule has 0 unspecified atom stereocenters. The normalized spacial score (nSPS) is 14.0. The van der Waals surface area contributed by atoms with Crippen LogP contribution in [0.2, 0.25) is 0 Å². The van der Waals surface area contributed by atoms with E-state index in [4.69, 9.17) is 16.6 Å². The zero-order chi connectivity index (χ0) is 23.4. The Morgan fingerprint density at radius 1 is 1.03 bits per heavy atom. The topological polar surface area (TPSA) is 220 Å². The molecule has 3 rings (SSSR count). The quantitative estimate of drug-likeness (QED) is 0.263. The van der Waals surface area contributed by atoms with Gasteiger partial charge in [0.2, 0.25) is 20.0 Å². The first-order valence-electron chi connectivity index (χ1n) is 9.39. The van der Waals surface area contributed by atoms with Crippen molar-refractivity contribution in [3.8, 4) is 11.1 Å². The number of primary sulfonamides is 1. The maximum atomic E-state index is 13.0. The maximum absolute atomic E-state index is 13.0. The van der Waals surface area contributed by atoms with E-state index in [1.807, 2.05) is 0 Å². The Hall–Kier alpha value is -2.82. The molecule has 1 aromatic carbocycles. The summed E-state index contributed by atoms with van der Waals surface area (Å²) in [5.41, 5.74) is 11.7. The van der Waals surface area contributed by atoms with Crippen LogP contribution in [0.15, 0.2) is 55.5 Å². The average Bonchev–Trinajstić information content (AvgIpc) is 3.27. The number of aliphatic imine (C=N–C) groups is 1. The number of nitrogen functional groups attached to an aromatic ring is 1. The molecule has 0 fully saturated rings. The van der Waals surface area contributed by atoms with Crippen LogP contribution in [0.25, 0.3) is 11.1 Å². The standard InChI is InChI=1S/C17H23N9O4S2/c18-5-6-21-7-8-25-32(29,30)13-3-2-12(11-1-4-14(19)22-9-11)15(16(13)31(20,27)28)17-23-10-24-26-17/h1-4,9,21,25H,5-8,10,18H2,(H2,19,22)(H2,20,27,28). The largest absolute Gasteiger partial charge is 0.384 e. The van der Waals surface area contributed by atoms with Gasteiger partial charge in [-0.3, -0.25) is 0 Å². The summed E-state index contributed by atoms with van der Waals surface area (Å²) in [7, 11) is -8.80. The van der Waals surface area contributed by atoms with E-state index in [2.05, 4.69) is 30.2 Å². The molecule has 2 aromatic rings. The molecule has 15 heteroatoms. The Labute approximate surface area is 185 Å². The SMILES string of the molecule is NCCNCCNS(=O)(=O)c1ccc(-c2ccc(N)nc2)c(C2=NCN=N2)c1S(N)(=O)=O. The third kappa shape index (κ3) is 5.32. The van der Waals surface area contributed by atoms with Crippen LogP contribution < -0.4 is 26.6 Å². The number of sulfonamides is 2. The van der Waals surface area contributed by atoms with Crippen molar-refractivity contribution in [2.75, 3.05) is 38.6 Å². The highest BCUT2D eigenvalue weighted by Gasteiger charge is 2.32. The summed E-state index contributed by atoms with van der Waals surface area (Å²) in [6, 6.07) is 5.73. The lowest BCUT2D eigenvalue weighted by atomic mass is 10.00. The monoisotopic (exact) mass is 481 g/mol. The Morgan fingerprint density at radius 2 is 1.81 bits per heavy atom. The molecule has 8 N–H and O–H groups in total. The van der Waals surface area contributed by atoms with Gasteiger partial charge in [0.15, 0.2) is 12.5 Å². The summed E-state index contributed by atoms with van der Waals surface area (Å²) in [4.78, 5) is 6.94. The summed E-state index contributed by atoms with van der Waals surface area (Å²) in [5.74, 6) is 0.203. The molecule has 2 heterocycles. The number of nitrogens with zero attached hydrogens (tertiary/aromatic N) is 4. The fourth-order valence-electron chi connectivity index (χ4n) is 3.02. The summed E-state index contributed by atoms with van der Waals surface area (Å²) < 4.78 is 53.6. The second kappa shape index (κ2) is 9.76. The number of anilines is 1. The van der Waals surface area contributed by atoms with Gasteiger partial charge < -0.3 is 16.8 Å². The van der Waals surface area contributed by atoms with E-state index < -0.39 is 29.8 Å². The van der Waals surface area contributed by atoms with Crippen molar-refractivity contribution in [3.05, 3.63) is 36.0 Å². The molecule has 172 valence electrons. The van der Waals surface area contributed by atoms with Crippen LogP contribution in [0.4, 0.5) is 5.82 Å². The summed E-state index contributed by atoms with van der Waals surface area (Å²) in [5, 5.41) is 16.0. The van der Waals surface area contributed by atoms with E-state index >= 15 is 0 Å². The molecule has 13 nitrogen and oxygen atoms in total. The number of amidine groups is 1. The molecule has 1 aliphatic rings. The molecule has 0 saturated heterocycles. The van der Waals surface area contributed by atoms with Crippen LogP contribution in [0.1, 0.15) is 5.56 Å². The van der Waals surface area contributed by atoms with E-state index in [9.17, 15) is 16.8 Å². The van der Waals surface area contributed by atoms with Crippen molar-refractivity contribution >= 4 is 31.7 Å². The van der Waals surface area contributed by atoms with Gasteiger partial charge in [-0.1, -0.05) is 6.07 Å². The van der Waals surface area contributed by atoms with Gasteiger partial charge in [0, 0.05) is 37.9 Å². The van der Waals surface area contributed by atoms with E-state index in [0.717, 1.165) is 6.07 Å². The number of benzene rings is 1. The van der Waals surface area contributed by atoms with Crippen molar-refractivity contribution in [1.29, 1.82) is 0 Å². The second-order valence-electron chi connectivity index (χ2n) is 6.63. The summed E-state index contributed by atoms with van der Waals surface area (Å²) in [6.45, 7) is 1.17. The van der Waals surface area contributed by atoms with Crippen molar-refractivity contribution in [3.63, 3.8) is 0 Å². The molecule has 0 aliphatic carbocycles. The van der Waals surface area contributed by atoms with Gasteiger partial charge >= 0.3 is 0 Å². The highest BCUT2D eigenvalue weighted by atomic mass is 32.2. The molecule has 0 saturated carbocycles. The number of pyridine rings is 1. The van der Waals surface area contributed by atoms with Crippen LogP contribution in [0.5, 0.6) is 0 Å². The van der Waals surface area contributed by atoms with Crippen LogP contribution in [-0.2, 0) is 20.0 Å². The molecule has 0 amide bonds. The van der Waals surface area contributed by atoms with Crippen molar-refractivity contribution in [1.82, 2.24) is 15.0 Å². The van der Waals surface area contributed by atoms with Gasteiger partial charge in [-0.25, -0.2) is 36.7 Å². The van der Waals surface area contributed by atoms with Gasteiger partial charge in [0.1, 0.15) is 15.6 Å². The zero-order valence-corrected chi connectivity index (χ0v) is 18.5. The van der Waals surface area contributed by atoms with Gasteiger partial charge in [0.05, 0.1) is 5.56 Å². The Bertz CT molecular complexity index is 1260. The Morgan fingerprint density at radius 3 is 2.41 bits per heavy atom. The smallest absolute Gasteiger partial charge is 0.241 e. The van der Waals surface area contributed by atoms with E-state index in [-0.39, 0.29) is 30.4 Å². The molecule has 1 aliphatic heterocycles. The van der Waals surface area contributed by atoms with Gasteiger partial charge in [-0.15, -0.1) is 5.11 Å². The Kier molecular flexibility index (Phi) is 7.27. The molecule has 0 spiro atoms. The highest BCUT2D eigenvalue weighted by Crippen LogP contribution is 2.34. The fraction of sp³-hybridized carbons (Fsp3) is 0.294. The van der Waals surface area contributed by atoms with E-state index in [1.165, 1.54) is 18.3 Å². The number of rotatable bonds is 10. The van der Waals surface area contributed by atoms with Crippen LogP contribution in [-0.4, -0.2) is 60.5 Å². The number of hydrogen-bond acceptors (Lipinski definition) is 11. The minimum Gasteiger partial charge on any atom is -0.384 e. The first kappa shape index (κ1) is 23.8. The molecular formula is C17H23N9O4S2. The predicted molar refractivity (Wildman–Crippen MR) is 119 cm³/mol. The van der Waals surface area contributed by atoms with E-state index in [1.54, 1.807) is 6.07 Å². The summed E-state index contributed by atoms with van der Waals surface area (Å²) in [6.07, 6.45) is 1.42. The van der Waals surface area contributed by atoms with Crippen molar-refractivity contribution in [2.45, 2.75) is 9.79 Å². The predicted octanol–water partition coefficient (Wildman–Crippen LogP) is -1.03. The maximum Gasteiger partial charge on any atom is 0.241 e. The fourth-order valence-corrected chi connectivity index (χ4v) is 5.65. The third-order valence-corrected chi connectivity index (χ3v) is 7.01. The van der Waals surface area contributed by atoms with Crippen LogP contribution in [0.3, 0.4) is 0 Å². The van der Waals surface area contributed by atoms with Gasteiger partial charge in [-0.2, -0.15) is 5.11 Å². The number of aromatic nitrogens is 1. The minimum absolute atomic E-state index is 0.00597. The van der Waals surface area contributed by atoms with Gasteiger partial charge in [0.25, 0.3) is 0 Å². The highest BCUT2D eigenvalue weighted by molar-refractivity contribution is 7.92. The number of azo groups is 1. The molecule has 0 radical (unpaired) electrons. The van der Waals surface area contributed by atoms with Crippen LogP contribution >= 0.6 is 0 Å². The third-order valence-electron chi connectivity index (χ3n) is 4.38. The number of nitrogens with one attached hydrogen (secondary N) is 2. The van der Waals surface area contributed by atoms with E-state index in [0.29, 0.717) is 30.8 Å². The van der Waals surface area contributed by atoms with Crippen LogP contribution in [0, 0.1) is 0 Å². The molecular weight excluding hydrogens is 458 g/mol. The molecule has 0 bridgehead atoms. The van der Waals surface area contributed by atoms with Crippen molar-refractivity contribution in [2.24, 2.45) is 26.1 Å². The number of hydrogen-bond donors (Lipinski definition) is 5. The molecule has 1 aromatic heterocycles. The first-order valence-corrected chi connectivity index (χ1v) is 12.4. The van der Waals surface area contributed by atoms with Crippen molar-refractivity contribution < 1.29 is 16.8 Å². The lowest BCUT2D eigenvalue weighted by molar-refractivity contribution is 0.569. The first-order chi connectivity index (χ1) is 15.1. The van der Waals surface area contributed by atoms with Gasteiger partial charge in [-0.05, 0) is 23.8 Å². The summed E-state index contributed by atoms with van der Waals surface area (Å²) >= 11 is 0. The molecule has 32 heavy (non-hydrogen) atoms. The zero-order valence-electron chi connectivity index (χ0n) is 16.9. The molecule has 0 atom stereocenters. The lowest BCUT2D eigenvalue weighted by Gasteiger charge is -2.17. The minimum atomic E-state index is -4.54. The second-order valence-corrected chi connectivity index (χ2v) is 9.87. The number of nitrogens with two attached hydrogens (primary N) is 3. The average molecular weight is 482 g/mol.